The van der Waals surface area contributed by atoms with Gasteiger partial charge >= 0.3 is 0 Å². The Kier molecular flexibility index (Phi) is 2.64. The van der Waals surface area contributed by atoms with Gasteiger partial charge < -0.3 is 10.3 Å². The first-order valence-corrected chi connectivity index (χ1v) is 6.85. The second-order valence-corrected chi connectivity index (χ2v) is 5.72. The highest BCUT2D eigenvalue weighted by Crippen LogP contribution is 2.23. The molecule has 2 aromatic heterocycles. The summed E-state index contributed by atoms with van der Waals surface area (Å²) in [5.74, 6) is 0.562. The molecule has 0 atom stereocenters. The Bertz CT molecular complexity index is 658. The van der Waals surface area contributed by atoms with Gasteiger partial charge in [-0.05, 0) is 29.6 Å². The molecule has 0 radical (unpaired) electrons. The van der Waals surface area contributed by atoms with E-state index >= 15 is 0 Å². The van der Waals surface area contributed by atoms with Crippen LogP contribution in [0.15, 0.2) is 40.2 Å². The van der Waals surface area contributed by atoms with Crippen molar-refractivity contribution >= 4 is 44.2 Å². The predicted molar refractivity (Wildman–Crippen MR) is 75.3 cm³/mol. The van der Waals surface area contributed by atoms with E-state index in [0.717, 1.165) is 22.1 Å². The zero-order chi connectivity index (χ0) is 11.8. The Morgan fingerprint density at radius 3 is 3.00 bits per heavy atom. The summed E-state index contributed by atoms with van der Waals surface area (Å²) in [5, 5.41) is 2.07. The quantitative estimate of drug-likeness (QED) is 0.787. The Balaban J connectivity index is 2.12. The molecule has 3 rings (SSSR count). The van der Waals surface area contributed by atoms with E-state index in [1.807, 2.05) is 28.8 Å². The summed E-state index contributed by atoms with van der Waals surface area (Å²) in [6, 6.07) is 10.2. The van der Waals surface area contributed by atoms with E-state index < -0.39 is 0 Å². The third kappa shape index (κ3) is 1.96. The molecule has 0 amide bonds. The van der Waals surface area contributed by atoms with Crippen molar-refractivity contribution in [1.29, 1.82) is 0 Å². The fourth-order valence-corrected chi connectivity index (χ4v) is 2.89. The third-order valence-electron chi connectivity index (χ3n) is 2.63. The standard InChI is InChI=1S/C12H10BrN3S/c13-8-3-4-11-10(6-8)15-12(14)16(11)7-9-2-1-5-17-9/h1-6H,7H2,(H2,14,15). The summed E-state index contributed by atoms with van der Waals surface area (Å²) < 4.78 is 3.05. The van der Waals surface area contributed by atoms with Crippen LogP contribution in [0, 0.1) is 0 Å². The minimum absolute atomic E-state index is 0.562. The molecular weight excluding hydrogens is 298 g/mol. The van der Waals surface area contributed by atoms with E-state index in [1.165, 1.54) is 4.88 Å². The summed E-state index contributed by atoms with van der Waals surface area (Å²) in [6.45, 7) is 0.779. The van der Waals surface area contributed by atoms with E-state index in [9.17, 15) is 0 Å². The maximum absolute atomic E-state index is 5.96. The fourth-order valence-electron chi connectivity index (χ4n) is 1.85. The van der Waals surface area contributed by atoms with E-state index in [0.29, 0.717) is 5.95 Å². The maximum atomic E-state index is 5.96. The lowest BCUT2D eigenvalue weighted by atomic mass is 10.3. The number of thiophene rings is 1. The number of benzene rings is 1. The number of nitrogens with two attached hydrogens (primary N) is 1. The van der Waals surface area contributed by atoms with Gasteiger partial charge in [0.25, 0.3) is 0 Å². The molecule has 17 heavy (non-hydrogen) atoms. The van der Waals surface area contributed by atoms with Crippen LogP contribution in [0.5, 0.6) is 0 Å². The summed E-state index contributed by atoms with van der Waals surface area (Å²) in [7, 11) is 0. The van der Waals surface area contributed by atoms with Crippen molar-refractivity contribution in [2.75, 3.05) is 5.73 Å². The zero-order valence-electron chi connectivity index (χ0n) is 8.93. The SMILES string of the molecule is Nc1nc2cc(Br)ccc2n1Cc1cccs1. The van der Waals surface area contributed by atoms with Crippen molar-refractivity contribution in [3.63, 3.8) is 0 Å². The minimum Gasteiger partial charge on any atom is -0.369 e. The van der Waals surface area contributed by atoms with E-state index in [-0.39, 0.29) is 0 Å². The molecule has 3 aromatic rings. The Morgan fingerprint density at radius 1 is 1.35 bits per heavy atom. The van der Waals surface area contributed by atoms with Crippen molar-refractivity contribution in [2.45, 2.75) is 6.54 Å². The lowest BCUT2D eigenvalue weighted by Gasteiger charge is -2.04. The molecule has 0 aliphatic carbocycles. The van der Waals surface area contributed by atoms with Crippen molar-refractivity contribution in [3.05, 3.63) is 45.1 Å². The Morgan fingerprint density at radius 2 is 2.24 bits per heavy atom. The van der Waals surface area contributed by atoms with E-state index in [1.54, 1.807) is 11.3 Å². The Labute approximate surface area is 111 Å². The van der Waals surface area contributed by atoms with E-state index in [2.05, 4.69) is 32.4 Å². The minimum atomic E-state index is 0.562. The van der Waals surface area contributed by atoms with Gasteiger partial charge in [-0.1, -0.05) is 22.0 Å². The van der Waals surface area contributed by atoms with Gasteiger partial charge in [0.15, 0.2) is 0 Å². The topological polar surface area (TPSA) is 43.8 Å². The second kappa shape index (κ2) is 4.16. The monoisotopic (exact) mass is 307 g/mol. The van der Waals surface area contributed by atoms with Gasteiger partial charge in [-0.15, -0.1) is 11.3 Å². The molecule has 0 spiro atoms. The van der Waals surface area contributed by atoms with Gasteiger partial charge in [-0.3, -0.25) is 0 Å². The van der Waals surface area contributed by atoms with Crippen molar-refractivity contribution in [3.8, 4) is 0 Å². The fraction of sp³-hybridized carbons (Fsp3) is 0.0833. The van der Waals surface area contributed by atoms with Crippen LogP contribution < -0.4 is 5.73 Å². The molecule has 0 bridgehead atoms. The van der Waals surface area contributed by atoms with Gasteiger partial charge in [-0.25, -0.2) is 4.98 Å². The molecule has 2 N–H and O–H groups in total. The van der Waals surface area contributed by atoms with Gasteiger partial charge in [-0.2, -0.15) is 0 Å². The van der Waals surface area contributed by atoms with E-state index in [4.69, 9.17) is 5.73 Å². The molecule has 0 fully saturated rings. The normalized spacial score (nSPS) is 11.1. The van der Waals surface area contributed by atoms with Crippen LogP contribution in [0.1, 0.15) is 4.88 Å². The van der Waals surface area contributed by atoms with Crippen LogP contribution >= 0.6 is 27.3 Å². The molecule has 0 aliphatic heterocycles. The highest BCUT2D eigenvalue weighted by atomic mass is 79.9. The van der Waals surface area contributed by atoms with Gasteiger partial charge in [0.2, 0.25) is 5.95 Å². The molecule has 5 heteroatoms. The number of nitrogen functional groups attached to an aromatic ring is 1. The lowest BCUT2D eigenvalue weighted by molar-refractivity contribution is 0.853. The first-order chi connectivity index (χ1) is 8.24. The van der Waals surface area contributed by atoms with Gasteiger partial charge in [0, 0.05) is 9.35 Å². The number of hydrogen-bond acceptors (Lipinski definition) is 3. The zero-order valence-corrected chi connectivity index (χ0v) is 11.3. The van der Waals surface area contributed by atoms with Crippen LogP contribution in [-0.2, 0) is 6.54 Å². The number of nitrogens with zero attached hydrogens (tertiary/aromatic N) is 2. The van der Waals surface area contributed by atoms with Crippen molar-refractivity contribution in [2.24, 2.45) is 0 Å². The molecule has 1 aromatic carbocycles. The average molecular weight is 308 g/mol. The number of halogens is 1. The summed E-state index contributed by atoms with van der Waals surface area (Å²) >= 11 is 5.17. The molecule has 3 nitrogen and oxygen atoms in total. The molecule has 0 saturated carbocycles. The largest absolute Gasteiger partial charge is 0.369 e. The number of hydrogen-bond donors (Lipinski definition) is 1. The van der Waals surface area contributed by atoms with Crippen LogP contribution in [0.4, 0.5) is 5.95 Å². The van der Waals surface area contributed by atoms with Crippen LogP contribution in [0.25, 0.3) is 11.0 Å². The third-order valence-corrected chi connectivity index (χ3v) is 3.99. The van der Waals surface area contributed by atoms with Crippen LogP contribution in [0.3, 0.4) is 0 Å². The summed E-state index contributed by atoms with van der Waals surface area (Å²) in [4.78, 5) is 5.65. The number of anilines is 1. The number of aromatic nitrogens is 2. The first kappa shape index (κ1) is 10.8. The smallest absolute Gasteiger partial charge is 0.201 e. The molecule has 86 valence electrons. The molecule has 0 saturated heterocycles. The number of rotatable bonds is 2. The first-order valence-electron chi connectivity index (χ1n) is 5.18. The van der Waals surface area contributed by atoms with Gasteiger partial charge in [0.05, 0.1) is 17.6 Å². The van der Waals surface area contributed by atoms with Crippen molar-refractivity contribution in [1.82, 2.24) is 9.55 Å². The number of imidazole rings is 1. The van der Waals surface area contributed by atoms with Crippen molar-refractivity contribution < 1.29 is 0 Å². The second-order valence-electron chi connectivity index (χ2n) is 3.77. The van der Waals surface area contributed by atoms with Gasteiger partial charge in [0.1, 0.15) is 0 Å². The highest BCUT2D eigenvalue weighted by Gasteiger charge is 2.09. The summed E-state index contributed by atoms with van der Waals surface area (Å²) in [6.07, 6.45) is 0. The maximum Gasteiger partial charge on any atom is 0.201 e. The highest BCUT2D eigenvalue weighted by molar-refractivity contribution is 9.10. The predicted octanol–water partition coefficient (Wildman–Crippen LogP) is 3.49. The molecule has 0 aliphatic rings. The van der Waals surface area contributed by atoms with Crippen LogP contribution in [0.2, 0.25) is 0 Å². The molecule has 0 unspecified atom stereocenters. The summed E-state index contributed by atoms with van der Waals surface area (Å²) in [5.41, 5.74) is 7.95. The molecule has 2 heterocycles. The lowest BCUT2D eigenvalue weighted by Crippen LogP contribution is -2.03. The number of fused-ring (bicyclic) bond motifs is 1. The average Bonchev–Trinajstić information content (AvgIpc) is 2.88. The Hall–Kier alpha value is -1.33. The molecular formula is C12H10BrN3S. The van der Waals surface area contributed by atoms with Crippen LogP contribution in [-0.4, -0.2) is 9.55 Å².